The van der Waals surface area contributed by atoms with Gasteiger partial charge in [-0.05, 0) is 37.3 Å². The standard InChI is InChI=1S/C21H23N5O2/c1-16(27)17-5-6-18(15-22)19(14-17)23-9-7-21(28)26-12-10-25(11-13-26)20-4-2-3-8-24-20/h2-6,8,14,23H,7,9-13H2,1H3. The topological polar surface area (TPSA) is 89.3 Å². The molecule has 0 bridgehead atoms. The number of piperazine rings is 1. The first-order valence-corrected chi connectivity index (χ1v) is 9.31. The van der Waals surface area contributed by atoms with Gasteiger partial charge in [0.25, 0.3) is 0 Å². The van der Waals surface area contributed by atoms with Crippen molar-refractivity contribution in [1.29, 1.82) is 5.26 Å². The molecule has 2 heterocycles. The first-order valence-electron chi connectivity index (χ1n) is 9.31. The van der Waals surface area contributed by atoms with Gasteiger partial charge in [0, 0.05) is 50.9 Å². The number of nitriles is 1. The molecular formula is C21H23N5O2. The number of rotatable bonds is 6. The maximum absolute atomic E-state index is 12.5. The molecule has 7 heteroatoms. The summed E-state index contributed by atoms with van der Waals surface area (Å²) in [6, 6.07) is 12.9. The fraction of sp³-hybridized carbons (Fsp3) is 0.333. The number of pyridine rings is 1. The van der Waals surface area contributed by atoms with Gasteiger partial charge in [0.15, 0.2) is 5.78 Å². The third-order valence-electron chi connectivity index (χ3n) is 4.81. The highest BCUT2D eigenvalue weighted by Gasteiger charge is 2.21. The predicted octanol–water partition coefficient (Wildman–Crippen LogP) is 2.31. The second-order valence-corrected chi connectivity index (χ2v) is 6.66. The molecule has 1 aliphatic heterocycles. The van der Waals surface area contributed by atoms with Crippen LogP contribution in [-0.2, 0) is 4.79 Å². The molecule has 1 aromatic carbocycles. The van der Waals surface area contributed by atoms with Crippen molar-refractivity contribution >= 4 is 23.2 Å². The van der Waals surface area contributed by atoms with Gasteiger partial charge >= 0.3 is 0 Å². The minimum Gasteiger partial charge on any atom is -0.383 e. The number of carbonyl (C=O) groups is 2. The van der Waals surface area contributed by atoms with Crippen molar-refractivity contribution in [3.8, 4) is 6.07 Å². The average molecular weight is 377 g/mol. The summed E-state index contributed by atoms with van der Waals surface area (Å²) in [6.07, 6.45) is 2.11. The summed E-state index contributed by atoms with van der Waals surface area (Å²) in [5.41, 5.74) is 1.59. The molecule has 28 heavy (non-hydrogen) atoms. The van der Waals surface area contributed by atoms with Gasteiger partial charge in [-0.15, -0.1) is 0 Å². The Labute approximate surface area is 164 Å². The van der Waals surface area contributed by atoms with Gasteiger partial charge in [0.1, 0.15) is 11.9 Å². The van der Waals surface area contributed by atoms with Crippen LogP contribution in [0.2, 0.25) is 0 Å². The van der Waals surface area contributed by atoms with Crippen molar-refractivity contribution in [3.63, 3.8) is 0 Å². The predicted molar refractivity (Wildman–Crippen MR) is 107 cm³/mol. The number of aromatic nitrogens is 1. The van der Waals surface area contributed by atoms with Crippen LogP contribution in [0.1, 0.15) is 29.3 Å². The van der Waals surface area contributed by atoms with Crippen LogP contribution in [0.25, 0.3) is 0 Å². The molecule has 1 fully saturated rings. The van der Waals surface area contributed by atoms with E-state index in [1.54, 1.807) is 24.4 Å². The first-order chi connectivity index (χ1) is 13.6. The van der Waals surface area contributed by atoms with Crippen molar-refractivity contribution in [1.82, 2.24) is 9.88 Å². The van der Waals surface area contributed by atoms with Crippen LogP contribution in [0.5, 0.6) is 0 Å². The number of carbonyl (C=O) groups excluding carboxylic acids is 2. The van der Waals surface area contributed by atoms with Crippen LogP contribution in [0.3, 0.4) is 0 Å². The number of anilines is 2. The molecule has 3 rings (SSSR count). The lowest BCUT2D eigenvalue weighted by Crippen LogP contribution is -2.49. The summed E-state index contributed by atoms with van der Waals surface area (Å²) in [4.78, 5) is 32.4. The molecule has 1 N–H and O–H groups in total. The molecule has 7 nitrogen and oxygen atoms in total. The van der Waals surface area contributed by atoms with Gasteiger partial charge in [-0.25, -0.2) is 4.98 Å². The maximum atomic E-state index is 12.5. The molecule has 0 atom stereocenters. The molecule has 1 aromatic heterocycles. The number of nitrogens with zero attached hydrogens (tertiary/aromatic N) is 4. The largest absolute Gasteiger partial charge is 0.383 e. The number of benzene rings is 1. The fourth-order valence-corrected chi connectivity index (χ4v) is 3.19. The average Bonchev–Trinajstić information content (AvgIpc) is 2.74. The van der Waals surface area contributed by atoms with Crippen LogP contribution < -0.4 is 10.2 Å². The minimum absolute atomic E-state index is 0.0607. The lowest BCUT2D eigenvalue weighted by molar-refractivity contribution is -0.131. The number of amides is 1. The SMILES string of the molecule is CC(=O)c1ccc(C#N)c(NCCC(=O)N2CCN(c3ccccn3)CC2)c1. The Kier molecular flexibility index (Phi) is 6.22. The monoisotopic (exact) mass is 377 g/mol. The molecular weight excluding hydrogens is 354 g/mol. The summed E-state index contributed by atoms with van der Waals surface area (Å²) in [6.45, 7) is 4.75. The lowest BCUT2D eigenvalue weighted by atomic mass is 10.1. The lowest BCUT2D eigenvalue weighted by Gasteiger charge is -2.35. The van der Waals surface area contributed by atoms with Gasteiger partial charge in [-0.1, -0.05) is 6.07 Å². The zero-order valence-electron chi connectivity index (χ0n) is 15.9. The van der Waals surface area contributed by atoms with E-state index in [1.807, 2.05) is 23.1 Å². The van der Waals surface area contributed by atoms with Crippen molar-refractivity contribution in [2.24, 2.45) is 0 Å². The normalized spacial score (nSPS) is 13.7. The van der Waals surface area contributed by atoms with E-state index in [-0.39, 0.29) is 11.7 Å². The molecule has 1 aliphatic rings. The molecule has 1 saturated heterocycles. The Morgan fingerprint density at radius 1 is 1.18 bits per heavy atom. The quantitative estimate of drug-likeness (QED) is 0.777. The van der Waals surface area contributed by atoms with E-state index in [1.165, 1.54) is 6.92 Å². The second-order valence-electron chi connectivity index (χ2n) is 6.66. The summed E-state index contributed by atoms with van der Waals surface area (Å²) in [7, 11) is 0. The minimum atomic E-state index is -0.0607. The van der Waals surface area contributed by atoms with Gasteiger partial charge in [-0.2, -0.15) is 5.26 Å². The summed E-state index contributed by atoms with van der Waals surface area (Å²) >= 11 is 0. The Hall–Kier alpha value is -3.40. The van der Waals surface area contributed by atoms with Gasteiger partial charge in [0.05, 0.1) is 11.3 Å². The summed E-state index contributed by atoms with van der Waals surface area (Å²) in [5, 5.41) is 12.3. The van der Waals surface area contributed by atoms with Crippen LogP contribution in [0.4, 0.5) is 11.5 Å². The Balaban J connectivity index is 1.50. The molecule has 144 valence electrons. The van der Waals surface area contributed by atoms with E-state index in [9.17, 15) is 14.9 Å². The highest BCUT2D eigenvalue weighted by Crippen LogP contribution is 2.18. The molecule has 0 aliphatic carbocycles. The van der Waals surface area contributed by atoms with Crippen LogP contribution in [0, 0.1) is 11.3 Å². The third-order valence-corrected chi connectivity index (χ3v) is 4.81. The van der Waals surface area contributed by atoms with E-state index in [0.29, 0.717) is 42.9 Å². The van der Waals surface area contributed by atoms with Gasteiger partial charge < -0.3 is 15.1 Å². The van der Waals surface area contributed by atoms with E-state index >= 15 is 0 Å². The number of hydrogen-bond acceptors (Lipinski definition) is 6. The van der Waals surface area contributed by atoms with Gasteiger partial charge in [0.2, 0.25) is 5.91 Å². The van der Waals surface area contributed by atoms with Crippen LogP contribution in [0.15, 0.2) is 42.6 Å². The first kappa shape index (κ1) is 19.4. The van der Waals surface area contributed by atoms with E-state index in [0.717, 1.165) is 18.9 Å². The van der Waals surface area contributed by atoms with E-state index < -0.39 is 0 Å². The molecule has 0 saturated carbocycles. The third kappa shape index (κ3) is 4.65. The smallest absolute Gasteiger partial charge is 0.224 e. The van der Waals surface area contributed by atoms with E-state index in [4.69, 9.17) is 0 Å². The fourth-order valence-electron chi connectivity index (χ4n) is 3.19. The molecule has 0 radical (unpaired) electrons. The number of hydrogen-bond donors (Lipinski definition) is 1. The number of nitrogens with one attached hydrogen (secondary N) is 1. The Morgan fingerprint density at radius 2 is 1.96 bits per heavy atom. The molecule has 0 spiro atoms. The molecule has 1 amide bonds. The molecule has 0 unspecified atom stereocenters. The summed E-state index contributed by atoms with van der Waals surface area (Å²) < 4.78 is 0. The van der Waals surface area contributed by atoms with E-state index in [2.05, 4.69) is 21.3 Å². The van der Waals surface area contributed by atoms with Crippen molar-refractivity contribution in [2.75, 3.05) is 42.9 Å². The molecule has 2 aromatic rings. The summed E-state index contributed by atoms with van der Waals surface area (Å²) in [5.74, 6) is 0.953. The van der Waals surface area contributed by atoms with Crippen LogP contribution in [-0.4, -0.2) is 54.3 Å². The second kappa shape index (κ2) is 9.00. The number of Topliss-reactive ketones (excluding diaryl/α,β-unsaturated/α-hetero) is 1. The highest BCUT2D eigenvalue weighted by molar-refractivity contribution is 5.95. The zero-order valence-corrected chi connectivity index (χ0v) is 15.9. The van der Waals surface area contributed by atoms with Gasteiger partial charge in [-0.3, -0.25) is 9.59 Å². The van der Waals surface area contributed by atoms with Crippen molar-refractivity contribution in [3.05, 3.63) is 53.7 Å². The van der Waals surface area contributed by atoms with Crippen molar-refractivity contribution < 1.29 is 9.59 Å². The Morgan fingerprint density at radius 3 is 2.61 bits per heavy atom. The van der Waals surface area contributed by atoms with Crippen LogP contribution >= 0.6 is 0 Å². The number of ketones is 1. The van der Waals surface area contributed by atoms with Crippen molar-refractivity contribution in [2.45, 2.75) is 13.3 Å². The zero-order chi connectivity index (χ0) is 19.9. The highest BCUT2D eigenvalue weighted by atomic mass is 16.2. The maximum Gasteiger partial charge on any atom is 0.224 e. The Bertz CT molecular complexity index is 883.